The Bertz CT molecular complexity index is 103. The smallest absolute Gasteiger partial charge is 0.147 e. The molecule has 1 aliphatic rings. The SMILES string of the molecule is CSC1NC=CN1C. The number of nitrogens with zero attached hydrogens (tertiary/aromatic N) is 1. The van der Waals surface area contributed by atoms with E-state index in [1.807, 2.05) is 12.4 Å². The average Bonchev–Trinajstić information content (AvgIpc) is 2.14. The van der Waals surface area contributed by atoms with Crippen molar-refractivity contribution in [2.45, 2.75) is 5.50 Å². The summed E-state index contributed by atoms with van der Waals surface area (Å²) in [6.07, 6.45) is 6.07. The molecule has 0 radical (unpaired) electrons. The van der Waals surface area contributed by atoms with E-state index in [2.05, 4.69) is 23.5 Å². The number of rotatable bonds is 1. The van der Waals surface area contributed by atoms with Gasteiger partial charge in [-0.05, 0) is 6.26 Å². The van der Waals surface area contributed by atoms with Crippen molar-refractivity contribution < 1.29 is 0 Å². The molecule has 1 heterocycles. The van der Waals surface area contributed by atoms with Crippen LogP contribution in [0.4, 0.5) is 0 Å². The van der Waals surface area contributed by atoms with E-state index in [0.717, 1.165) is 0 Å². The maximum atomic E-state index is 3.16. The van der Waals surface area contributed by atoms with E-state index >= 15 is 0 Å². The normalized spacial score (nSPS) is 26.2. The molecule has 0 amide bonds. The van der Waals surface area contributed by atoms with Crippen LogP contribution >= 0.6 is 11.8 Å². The minimum absolute atomic E-state index is 0.454. The molecule has 3 heteroatoms. The molecule has 1 atom stereocenters. The van der Waals surface area contributed by atoms with Crippen LogP contribution in [-0.2, 0) is 0 Å². The third-order valence-corrected chi connectivity index (χ3v) is 2.06. The Labute approximate surface area is 53.9 Å². The molecular formula is C5H10N2S. The molecule has 1 N–H and O–H groups in total. The van der Waals surface area contributed by atoms with E-state index in [1.54, 1.807) is 11.8 Å². The molecule has 1 rings (SSSR count). The molecular weight excluding hydrogens is 120 g/mol. The predicted molar refractivity (Wildman–Crippen MR) is 37.3 cm³/mol. The molecule has 0 aromatic carbocycles. The van der Waals surface area contributed by atoms with Crippen LogP contribution < -0.4 is 5.32 Å². The quantitative estimate of drug-likeness (QED) is 0.560. The summed E-state index contributed by atoms with van der Waals surface area (Å²) < 4.78 is 0. The second-order valence-electron chi connectivity index (χ2n) is 1.74. The number of nitrogens with one attached hydrogen (secondary N) is 1. The lowest BCUT2D eigenvalue weighted by Gasteiger charge is -2.17. The van der Waals surface area contributed by atoms with Crippen LogP contribution in [0.1, 0.15) is 0 Å². The Morgan fingerprint density at radius 3 is 2.75 bits per heavy atom. The van der Waals surface area contributed by atoms with Gasteiger partial charge in [0.05, 0.1) is 0 Å². The van der Waals surface area contributed by atoms with Crippen LogP contribution in [0.2, 0.25) is 0 Å². The van der Waals surface area contributed by atoms with E-state index in [9.17, 15) is 0 Å². The summed E-state index contributed by atoms with van der Waals surface area (Å²) in [6, 6.07) is 0. The van der Waals surface area contributed by atoms with Crippen LogP contribution in [0.3, 0.4) is 0 Å². The summed E-state index contributed by atoms with van der Waals surface area (Å²) in [7, 11) is 2.05. The molecule has 8 heavy (non-hydrogen) atoms. The molecule has 0 bridgehead atoms. The maximum absolute atomic E-state index is 3.16. The third-order valence-electron chi connectivity index (χ3n) is 1.14. The zero-order chi connectivity index (χ0) is 5.98. The van der Waals surface area contributed by atoms with Crippen molar-refractivity contribution in [1.29, 1.82) is 0 Å². The van der Waals surface area contributed by atoms with Gasteiger partial charge < -0.3 is 10.2 Å². The fourth-order valence-corrected chi connectivity index (χ4v) is 1.29. The van der Waals surface area contributed by atoms with Crippen molar-refractivity contribution in [2.24, 2.45) is 0 Å². The Balaban J connectivity index is 2.38. The van der Waals surface area contributed by atoms with Crippen molar-refractivity contribution in [3.05, 3.63) is 12.4 Å². The van der Waals surface area contributed by atoms with E-state index in [-0.39, 0.29) is 0 Å². The van der Waals surface area contributed by atoms with Crippen LogP contribution in [0.25, 0.3) is 0 Å². The zero-order valence-electron chi connectivity index (χ0n) is 5.09. The molecule has 1 aliphatic heterocycles. The molecule has 0 aromatic heterocycles. The Morgan fingerprint density at radius 1 is 1.75 bits per heavy atom. The number of thioether (sulfide) groups is 1. The van der Waals surface area contributed by atoms with Gasteiger partial charge in [-0.15, -0.1) is 11.8 Å². The van der Waals surface area contributed by atoms with Gasteiger partial charge in [0.15, 0.2) is 0 Å². The first kappa shape index (κ1) is 5.82. The first-order valence-electron chi connectivity index (χ1n) is 2.52. The summed E-state index contributed by atoms with van der Waals surface area (Å²) in [5.41, 5.74) is 0.454. The van der Waals surface area contributed by atoms with Crippen molar-refractivity contribution in [3.8, 4) is 0 Å². The van der Waals surface area contributed by atoms with Gasteiger partial charge in [-0.3, -0.25) is 0 Å². The Hall–Kier alpha value is -0.310. The van der Waals surface area contributed by atoms with Gasteiger partial charge in [0.2, 0.25) is 0 Å². The van der Waals surface area contributed by atoms with Gasteiger partial charge in [-0.1, -0.05) is 0 Å². The van der Waals surface area contributed by atoms with Gasteiger partial charge in [0, 0.05) is 19.4 Å². The summed E-state index contributed by atoms with van der Waals surface area (Å²) >= 11 is 1.79. The van der Waals surface area contributed by atoms with Crippen LogP contribution in [0, 0.1) is 0 Å². The fraction of sp³-hybridized carbons (Fsp3) is 0.600. The largest absolute Gasteiger partial charge is 0.362 e. The van der Waals surface area contributed by atoms with Gasteiger partial charge in [-0.25, -0.2) is 0 Å². The molecule has 1 unspecified atom stereocenters. The fourth-order valence-electron chi connectivity index (χ4n) is 0.673. The molecule has 0 aromatic rings. The van der Waals surface area contributed by atoms with E-state index in [0.29, 0.717) is 5.50 Å². The average molecular weight is 130 g/mol. The van der Waals surface area contributed by atoms with Crippen LogP contribution in [0.15, 0.2) is 12.4 Å². The molecule has 2 nitrogen and oxygen atoms in total. The summed E-state index contributed by atoms with van der Waals surface area (Å²) in [5.74, 6) is 0. The Morgan fingerprint density at radius 2 is 2.50 bits per heavy atom. The molecule has 46 valence electrons. The van der Waals surface area contributed by atoms with E-state index in [1.165, 1.54) is 0 Å². The lowest BCUT2D eigenvalue weighted by atomic mass is 10.9. The number of hydrogen-bond acceptors (Lipinski definition) is 3. The van der Waals surface area contributed by atoms with Gasteiger partial charge in [0.1, 0.15) is 5.50 Å². The second kappa shape index (κ2) is 2.31. The topological polar surface area (TPSA) is 15.3 Å². The predicted octanol–water partition coefficient (Wildman–Crippen LogP) is 0.639. The summed E-state index contributed by atoms with van der Waals surface area (Å²) in [6.45, 7) is 0. The lowest BCUT2D eigenvalue weighted by Crippen LogP contribution is -2.28. The minimum Gasteiger partial charge on any atom is -0.362 e. The highest BCUT2D eigenvalue weighted by Gasteiger charge is 2.10. The van der Waals surface area contributed by atoms with Crippen LogP contribution in [0.5, 0.6) is 0 Å². The first-order valence-corrected chi connectivity index (χ1v) is 3.81. The van der Waals surface area contributed by atoms with Crippen LogP contribution in [-0.4, -0.2) is 23.7 Å². The van der Waals surface area contributed by atoms with Gasteiger partial charge in [-0.2, -0.15) is 0 Å². The molecule has 0 fully saturated rings. The second-order valence-corrected chi connectivity index (χ2v) is 2.65. The number of hydrogen-bond donors (Lipinski definition) is 1. The highest BCUT2D eigenvalue weighted by atomic mass is 32.2. The molecule has 0 saturated carbocycles. The molecule has 0 spiro atoms. The van der Waals surface area contributed by atoms with Gasteiger partial charge in [0.25, 0.3) is 0 Å². The minimum atomic E-state index is 0.454. The molecule has 0 saturated heterocycles. The summed E-state index contributed by atoms with van der Waals surface area (Å²) in [4.78, 5) is 2.13. The maximum Gasteiger partial charge on any atom is 0.147 e. The summed E-state index contributed by atoms with van der Waals surface area (Å²) in [5, 5.41) is 3.16. The van der Waals surface area contributed by atoms with E-state index in [4.69, 9.17) is 0 Å². The van der Waals surface area contributed by atoms with Crippen molar-refractivity contribution in [1.82, 2.24) is 10.2 Å². The van der Waals surface area contributed by atoms with Crippen molar-refractivity contribution in [3.63, 3.8) is 0 Å². The monoisotopic (exact) mass is 130 g/mol. The first-order chi connectivity index (χ1) is 3.84. The highest BCUT2D eigenvalue weighted by Crippen LogP contribution is 2.11. The van der Waals surface area contributed by atoms with Crippen molar-refractivity contribution >= 4 is 11.8 Å². The standard InChI is InChI=1S/C5H10N2S/c1-7-4-3-6-5(7)8-2/h3-6H,1-2H3. The zero-order valence-corrected chi connectivity index (χ0v) is 5.90. The third kappa shape index (κ3) is 0.916. The molecule has 0 aliphatic carbocycles. The Kier molecular flexibility index (Phi) is 1.68. The van der Waals surface area contributed by atoms with Gasteiger partial charge >= 0.3 is 0 Å². The van der Waals surface area contributed by atoms with Crippen molar-refractivity contribution in [2.75, 3.05) is 13.3 Å². The highest BCUT2D eigenvalue weighted by molar-refractivity contribution is 7.99. The lowest BCUT2D eigenvalue weighted by molar-refractivity contribution is 0.437. The van der Waals surface area contributed by atoms with E-state index < -0.39 is 0 Å².